The number of nitrogens with one attached hydrogen (secondary N) is 1. The molecule has 0 radical (unpaired) electrons. The maximum absolute atomic E-state index is 6.58. The molecule has 0 saturated heterocycles. The number of hydrogen-bond donors (Lipinski definition) is 1. The number of aromatic nitrogens is 3. The lowest BCUT2D eigenvalue weighted by Gasteiger charge is -2.40. The van der Waals surface area contributed by atoms with Gasteiger partial charge in [0.1, 0.15) is 0 Å². The molecule has 9 heteroatoms. The van der Waals surface area contributed by atoms with Crippen LogP contribution in [0.25, 0.3) is 5.82 Å². The number of rotatable bonds is 3. The van der Waals surface area contributed by atoms with Gasteiger partial charge < -0.3 is 10.2 Å². The number of fused-ring (bicyclic) bond motifs is 4. The van der Waals surface area contributed by atoms with Crippen LogP contribution in [-0.2, 0) is 0 Å². The second kappa shape index (κ2) is 9.62. The van der Waals surface area contributed by atoms with Crippen molar-refractivity contribution in [3.8, 4) is 5.82 Å². The summed E-state index contributed by atoms with van der Waals surface area (Å²) in [4.78, 5) is 17.0. The second-order valence-corrected chi connectivity index (χ2v) is 10.6. The molecule has 0 bridgehead atoms. The minimum atomic E-state index is -0.305. The maximum atomic E-state index is 6.58. The van der Waals surface area contributed by atoms with E-state index in [9.17, 15) is 0 Å². The van der Waals surface area contributed by atoms with Crippen LogP contribution in [0.5, 0.6) is 0 Å². The summed E-state index contributed by atoms with van der Waals surface area (Å²) in [6.45, 7) is 4.06. The summed E-state index contributed by atoms with van der Waals surface area (Å²) < 4.78 is 1.80. The molecule has 0 spiro atoms. The first-order valence-electron chi connectivity index (χ1n) is 12.8. The van der Waals surface area contributed by atoms with E-state index in [0.29, 0.717) is 33.4 Å². The highest BCUT2D eigenvalue weighted by Crippen LogP contribution is 2.48. The largest absolute Gasteiger partial charge is 0.337 e. The first-order chi connectivity index (χ1) is 19.5. The van der Waals surface area contributed by atoms with E-state index in [4.69, 9.17) is 38.3 Å². The fraction of sp³-hybridized carbons (Fsp3) is 0.0968. The molecule has 1 N–H and O–H groups in total. The molecule has 196 valence electrons. The Morgan fingerprint density at radius 3 is 2.48 bits per heavy atom. The molecule has 7 rings (SSSR count). The number of amidine groups is 2. The minimum absolute atomic E-state index is 0.305. The molecule has 1 unspecified atom stereocenters. The smallest absolute Gasteiger partial charge is 0.179 e. The average molecular weight is 564 g/mol. The Hall–Kier alpha value is -4.46. The van der Waals surface area contributed by atoms with Crippen LogP contribution in [0.15, 0.2) is 101 Å². The molecule has 5 aromatic rings. The van der Waals surface area contributed by atoms with Crippen LogP contribution in [0, 0.1) is 13.8 Å². The number of pyridine rings is 1. The monoisotopic (exact) mass is 563 g/mol. The van der Waals surface area contributed by atoms with Crippen LogP contribution in [-0.4, -0.2) is 26.4 Å². The van der Waals surface area contributed by atoms with Gasteiger partial charge in [-0.25, -0.2) is 15.0 Å². The molecule has 7 nitrogen and oxygen atoms in total. The Balaban J connectivity index is 1.51. The van der Waals surface area contributed by atoms with Gasteiger partial charge in [-0.15, -0.1) is 0 Å². The molecule has 3 aromatic carbocycles. The van der Waals surface area contributed by atoms with Gasteiger partial charge in [-0.05, 0) is 73.5 Å². The Kier molecular flexibility index (Phi) is 5.91. The predicted octanol–water partition coefficient (Wildman–Crippen LogP) is 7.99. The van der Waals surface area contributed by atoms with Crippen LogP contribution in [0.4, 0.5) is 22.9 Å². The van der Waals surface area contributed by atoms with E-state index >= 15 is 0 Å². The number of hydrogen-bond acceptors (Lipinski definition) is 6. The van der Waals surface area contributed by atoms with Gasteiger partial charge in [0.15, 0.2) is 23.3 Å². The first-order valence-corrected chi connectivity index (χ1v) is 13.6. The summed E-state index contributed by atoms with van der Waals surface area (Å²) in [6, 6.07) is 27.4. The molecular weight excluding hydrogens is 541 g/mol. The number of halogens is 2. The molecule has 4 heterocycles. The zero-order chi connectivity index (χ0) is 27.4. The van der Waals surface area contributed by atoms with Gasteiger partial charge in [-0.2, -0.15) is 9.78 Å². The topological polar surface area (TPSA) is 70.7 Å². The third-order valence-electron chi connectivity index (χ3n) is 7.04. The highest BCUT2D eigenvalue weighted by Gasteiger charge is 2.41. The maximum Gasteiger partial charge on any atom is 0.179 e. The van der Waals surface area contributed by atoms with Gasteiger partial charge in [0, 0.05) is 17.4 Å². The van der Waals surface area contributed by atoms with Crippen molar-refractivity contribution in [2.24, 2.45) is 9.98 Å². The summed E-state index contributed by atoms with van der Waals surface area (Å²) in [6.07, 6.45) is 1.75. The fourth-order valence-electron chi connectivity index (χ4n) is 5.29. The lowest BCUT2D eigenvalue weighted by atomic mass is 9.93. The Morgan fingerprint density at radius 1 is 0.825 bits per heavy atom. The third kappa shape index (κ3) is 4.06. The second-order valence-electron chi connectivity index (χ2n) is 9.75. The molecule has 0 amide bonds. The molecule has 2 aliphatic heterocycles. The summed E-state index contributed by atoms with van der Waals surface area (Å²) >= 11 is 12.9. The zero-order valence-electron chi connectivity index (χ0n) is 21.7. The van der Waals surface area contributed by atoms with Crippen LogP contribution >= 0.6 is 23.2 Å². The summed E-state index contributed by atoms with van der Waals surface area (Å²) in [5, 5.41) is 9.43. The first kappa shape index (κ1) is 24.6. The van der Waals surface area contributed by atoms with Gasteiger partial charge in [-0.1, -0.05) is 59.6 Å². The van der Waals surface area contributed by atoms with Gasteiger partial charge in [0.25, 0.3) is 0 Å². The van der Waals surface area contributed by atoms with Gasteiger partial charge in [0.2, 0.25) is 0 Å². The van der Waals surface area contributed by atoms with E-state index in [-0.39, 0.29) is 6.04 Å². The highest BCUT2D eigenvalue weighted by atomic mass is 35.5. The zero-order valence-corrected chi connectivity index (χ0v) is 23.2. The number of para-hydroxylation sites is 2. The van der Waals surface area contributed by atoms with Crippen molar-refractivity contribution in [2.75, 3.05) is 10.2 Å². The third-order valence-corrected chi connectivity index (χ3v) is 7.78. The number of aliphatic imine (C=N–C) groups is 2. The van der Waals surface area contributed by atoms with Crippen LogP contribution < -0.4 is 10.2 Å². The lowest BCUT2D eigenvalue weighted by molar-refractivity contribution is 0.810. The van der Waals surface area contributed by atoms with E-state index in [0.717, 1.165) is 39.4 Å². The fourth-order valence-corrected chi connectivity index (χ4v) is 5.60. The molecule has 0 fully saturated rings. The molecule has 2 aromatic heterocycles. The van der Waals surface area contributed by atoms with Gasteiger partial charge in [-0.3, -0.25) is 0 Å². The number of benzene rings is 3. The Bertz CT molecular complexity index is 1840. The number of nitrogens with zero attached hydrogens (tertiary/aromatic N) is 6. The van der Waals surface area contributed by atoms with Crippen molar-refractivity contribution in [2.45, 2.75) is 19.9 Å². The van der Waals surface area contributed by atoms with Crippen molar-refractivity contribution < 1.29 is 0 Å². The van der Waals surface area contributed by atoms with Crippen LogP contribution in [0.3, 0.4) is 0 Å². The number of anilines is 2. The molecule has 40 heavy (non-hydrogen) atoms. The van der Waals surface area contributed by atoms with Crippen molar-refractivity contribution in [3.63, 3.8) is 0 Å². The molecule has 0 aliphatic carbocycles. The normalized spacial score (nSPS) is 15.5. The quantitative estimate of drug-likeness (QED) is 0.241. The predicted molar refractivity (Wildman–Crippen MR) is 162 cm³/mol. The SMILES string of the molecule is Cc1cccc(NC2=Nc3ccccc3N3C2=Nc2c(c(C)nn2-c2ccccn2)C3c2ccc(Cl)c(Cl)c2)c1. The van der Waals surface area contributed by atoms with E-state index in [1.165, 1.54) is 0 Å². The van der Waals surface area contributed by atoms with Crippen molar-refractivity contribution in [3.05, 3.63) is 124 Å². The molecule has 0 saturated carbocycles. The highest BCUT2D eigenvalue weighted by molar-refractivity contribution is 6.51. The van der Waals surface area contributed by atoms with Gasteiger partial charge in [0.05, 0.1) is 33.2 Å². The Labute approximate surface area is 241 Å². The summed E-state index contributed by atoms with van der Waals surface area (Å²) in [5.74, 6) is 2.67. The standard InChI is InChI=1S/C31H23Cl2N7/c1-18-8-7-9-21(16-18)35-29-31-37-30-27(19(2)38-40(30)26-12-5-6-15-34-26)28(20-13-14-22(32)23(33)17-20)39(31)25-11-4-3-10-24(25)36-29/h3-17,28H,1-2H3,(H,35,36). The van der Waals surface area contributed by atoms with E-state index in [1.54, 1.807) is 10.9 Å². The Morgan fingerprint density at radius 2 is 1.68 bits per heavy atom. The van der Waals surface area contributed by atoms with Crippen molar-refractivity contribution in [1.29, 1.82) is 0 Å². The van der Waals surface area contributed by atoms with Crippen molar-refractivity contribution in [1.82, 2.24) is 14.8 Å². The van der Waals surface area contributed by atoms with E-state index in [1.807, 2.05) is 73.7 Å². The van der Waals surface area contributed by atoms with E-state index in [2.05, 4.69) is 40.3 Å². The molecule has 1 atom stereocenters. The average Bonchev–Trinajstić information content (AvgIpc) is 3.30. The van der Waals surface area contributed by atoms with Crippen molar-refractivity contribution >= 4 is 57.8 Å². The molecular formula is C31H23Cl2N7. The van der Waals surface area contributed by atoms with Crippen LogP contribution in [0.1, 0.15) is 28.4 Å². The van der Waals surface area contributed by atoms with E-state index < -0.39 is 0 Å². The number of aryl methyl sites for hydroxylation is 2. The summed E-state index contributed by atoms with van der Waals surface area (Å²) in [5.41, 5.74) is 6.59. The van der Waals surface area contributed by atoms with Gasteiger partial charge >= 0.3 is 0 Å². The van der Waals surface area contributed by atoms with Crippen LogP contribution in [0.2, 0.25) is 10.0 Å². The lowest BCUT2D eigenvalue weighted by Crippen LogP contribution is -2.46. The molecule has 2 aliphatic rings. The minimum Gasteiger partial charge on any atom is -0.337 e. The summed E-state index contributed by atoms with van der Waals surface area (Å²) in [7, 11) is 0.